The van der Waals surface area contributed by atoms with E-state index < -0.39 is 16.1 Å². The number of sulfonamides is 1. The Balaban J connectivity index is 1.77. The maximum Gasteiger partial charge on any atom is 0.265 e. The molecule has 0 radical (unpaired) electrons. The molecule has 0 bridgehead atoms. The third kappa shape index (κ3) is 3.20. The van der Waals surface area contributed by atoms with Gasteiger partial charge in [-0.2, -0.15) is 0 Å². The van der Waals surface area contributed by atoms with Crippen LogP contribution in [0.2, 0.25) is 0 Å². The number of para-hydroxylation sites is 1. The van der Waals surface area contributed by atoms with E-state index in [0.29, 0.717) is 23.4 Å². The van der Waals surface area contributed by atoms with Crippen LogP contribution >= 0.6 is 0 Å². The van der Waals surface area contributed by atoms with E-state index in [9.17, 15) is 13.2 Å². The highest BCUT2D eigenvalue weighted by Gasteiger charge is 2.29. The molecule has 0 fully saturated rings. The van der Waals surface area contributed by atoms with Gasteiger partial charge in [-0.3, -0.25) is 4.79 Å². The fourth-order valence-electron chi connectivity index (χ4n) is 2.54. The highest BCUT2D eigenvalue weighted by atomic mass is 32.2. The SMILES string of the molecule is Cc1ccc(NC(=O)[C@@H]2Cc3ccccc3O2)cc1S(N)(=O)=O. The first kappa shape index (κ1) is 15.5. The topological polar surface area (TPSA) is 98.5 Å². The molecule has 120 valence electrons. The number of nitrogens with two attached hydrogens (primary N) is 1. The van der Waals surface area contributed by atoms with Crippen molar-refractivity contribution in [1.29, 1.82) is 0 Å². The molecule has 3 rings (SSSR count). The minimum absolute atomic E-state index is 0.00840. The first-order chi connectivity index (χ1) is 10.8. The molecule has 2 aromatic carbocycles. The van der Waals surface area contributed by atoms with Gasteiger partial charge in [0, 0.05) is 12.1 Å². The summed E-state index contributed by atoms with van der Waals surface area (Å²) in [6.45, 7) is 1.64. The zero-order valence-electron chi connectivity index (χ0n) is 12.4. The number of nitrogens with one attached hydrogen (secondary N) is 1. The molecule has 1 amide bonds. The van der Waals surface area contributed by atoms with Gasteiger partial charge in [0.05, 0.1) is 4.90 Å². The summed E-state index contributed by atoms with van der Waals surface area (Å²) in [5.74, 6) is 0.368. The molecule has 3 N–H and O–H groups in total. The number of ether oxygens (including phenoxy) is 1. The molecule has 7 heteroatoms. The second kappa shape index (κ2) is 5.68. The Morgan fingerprint density at radius 1 is 1.26 bits per heavy atom. The number of hydrogen-bond acceptors (Lipinski definition) is 4. The summed E-state index contributed by atoms with van der Waals surface area (Å²) in [5.41, 5.74) is 1.86. The minimum Gasteiger partial charge on any atom is -0.480 e. The van der Waals surface area contributed by atoms with Crippen molar-refractivity contribution in [3.05, 3.63) is 53.6 Å². The van der Waals surface area contributed by atoms with Gasteiger partial charge >= 0.3 is 0 Å². The van der Waals surface area contributed by atoms with Gasteiger partial charge in [0.25, 0.3) is 5.91 Å². The number of aryl methyl sites for hydroxylation is 1. The van der Waals surface area contributed by atoms with Gasteiger partial charge in [-0.15, -0.1) is 0 Å². The number of anilines is 1. The summed E-state index contributed by atoms with van der Waals surface area (Å²) in [5, 5.41) is 7.85. The van der Waals surface area contributed by atoms with Crippen molar-refractivity contribution in [2.24, 2.45) is 5.14 Å². The van der Waals surface area contributed by atoms with Crippen LogP contribution in [0.15, 0.2) is 47.4 Å². The van der Waals surface area contributed by atoms with Crippen molar-refractivity contribution in [3.8, 4) is 5.75 Å². The molecule has 2 aromatic rings. The zero-order valence-corrected chi connectivity index (χ0v) is 13.3. The largest absolute Gasteiger partial charge is 0.480 e. The first-order valence-corrected chi connectivity index (χ1v) is 8.58. The van der Waals surface area contributed by atoms with Crippen molar-refractivity contribution in [2.75, 3.05) is 5.32 Å². The number of fused-ring (bicyclic) bond motifs is 1. The van der Waals surface area contributed by atoms with Crippen LogP contribution in [0.25, 0.3) is 0 Å². The van der Waals surface area contributed by atoms with Gasteiger partial charge in [-0.05, 0) is 36.2 Å². The fraction of sp³-hybridized carbons (Fsp3) is 0.188. The lowest BCUT2D eigenvalue weighted by Gasteiger charge is -2.13. The van der Waals surface area contributed by atoms with E-state index in [1.54, 1.807) is 19.1 Å². The average Bonchev–Trinajstić information content (AvgIpc) is 2.92. The van der Waals surface area contributed by atoms with Crippen LogP contribution < -0.4 is 15.2 Å². The molecule has 23 heavy (non-hydrogen) atoms. The Labute approximate surface area is 134 Å². The van der Waals surface area contributed by atoms with Crippen molar-refractivity contribution >= 4 is 21.6 Å². The van der Waals surface area contributed by atoms with E-state index in [0.717, 1.165) is 5.56 Å². The van der Waals surface area contributed by atoms with Crippen LogP contribution in [-0.4, -0.2) is 20.4 Å². The van der Waals surface area contributed by atoms with Crippen molar-refractivity contribution < 1.29 is 17.9 Å². The number of hydrogen-bond donors (Lipinski definition) is 2. The smallest absolute Gasteiger partial charge is 0.265 e. The summed E-state index contributed by atoms with van der Waals surface area (Å²) in [7, 11) is -3.84. The van der Waals surface area contributed by atoms with E-state index in [2.05, 4.69) is 5.32 Å². The minimum atomic E-state index is -3.84. The van der Waals surface area contributed by atoms with Gasteiger partial charge in [0.2, 0.25) is 10.0 Å². The Bertz CT molecular complexity index is 852. The highest BCUT2D eigenvalue weighted by molar-refractivity contribution is 7.89. The molecule has 0 saturated heterocycles. The number of amides is 1. The average molecular weight is 332 g/mol. The molecular formula is C16H16N2O4S. The fourth-order valence-corrected chi connectivity index (χ4v) is 3.34. The van der Waals surface area contributed by atoms with Crippen molar-refractivity contribution in [1.82, 2.24) is 0 Å². The zero-order chi connectivity index (χ0) is 16.6. The third-order valence-electron chi connectivity index (χ3n) is 3.70. The lowest BCUT2D eigenvalue weighted by molar-refractivity contribution is -0.122. The second-order valence-electron chi connectivity index (χ2n) is 5.43. The molecule has 0 saturated carbocycles. The second-order valence-corrected chi connectivity index (χ2v) is 6.96. The van der Waals surface area contributed by atoms with Crippen molar-refractivity contribution in [2.45, 2.75) is 24.3 Å². The quantitative estimate of drug-likeness (QED) is 0.891. The summed E-state index contributed by atoms with van der Waals surface area (Å²) in [6, 6.07) is 12.0. The first-order valence-electron chi connectivity index (χ1n) is 7.03. The number of carbonyl (C=O) groups excluding carboxylic acids is 1. The van der Waals surface area contributed by atoms with Gasteiger partial charge < -0.3 is 10.1 Å². The van der Waals surface area contributed by atoms with Crippen LogP contribution in [0, 0.1) is 6.92 Å². The van der Waals surface area contributed by atoms with Gasteiger partial charge in [-0.1, -0.05) is 24.3 Å². The van der Waals surface area contributed by atoms with Crippen LogP contribution in [-0.2, 0) is 21.2 Å². The lowest BCUT2D eigenvalue weighted by Crippen LogP contribution is -2.31. The maximum atomic E-state index is 12.3. The van der Waals surface area contributed by atoms with Crippen LogP contribution in [0.1, 0.15) is 11.1 Å². The van der Waals surface area contributed by atoms with Gasteiger partial charge in [-0.25, -0.2) is 13.6 Å². The molecule has 0 spiro atoms. The van der Waals surface area contributed by atoms with Crippen LogP contribution in [0.3, 0.4) is 0 Å². The summed E-state index contributed by atoms with van der Waals surface area (Å²) in [6.07, 6.45) is -0.151. The third-order valence-corrected chi connectivity index (χ3v) is 4.75. The molecule has 1 atom stereocenters. The Kier molecular flexibility index (Phi) is 3.83. The summed E-state index contributed by atoms with van der Waals surface area (Å²) in [4.78, 5) is 12.3. The number of primary sulfonamides is 1. The Morgan fingerprint density at radius 3 is 2.70 bits per heavy atom. The van der Waals surface area contributed by atoms with Gasteiger partial charge in [0.15, 0.2) is 6.10 Å². The van der Waals surface area contributed by atoms with E-state index in [4.69, 9.17) is 9.88 Å². The van der Waals surface area contributed by atoms with E-state index in [1.807, 2.05) is 24.3 Å². The standard InChI is InChI=1S/C16H16N2O4S/c1-10-6-7-12(9-15(10)23(17,20)21)18-16(19)14-8-11-4-2-3-5-13(11)22-14/h2-7,9,14H,8H2,1H3,(H,18,19)(H2,17,20,21)/t14-/m0/s1. The van der Waals surface area contributed by atoms with E-state index in [-0.39, 0.29) is 10.8 Å². The van der Waals surface area contributed by atoms with Crippen LogP contribution in [0.5, 0.6) is 5.75 Å². The predicted octanol–water partition coefficient (Wildman–Crippen LogP) is 1.58. The van der Waals surface area contributed by atoms with E-state index in [1.165, 1.54) is 6.07 Å². The predicted molar refractivity (Wildman–Crippen MR) is 85.7 cm³/mol. The number of benzene rings is 2. The number of carbonyl (C=O) groups is 1. The maximum absolute atomic E-state index is 12.3. The normalized spacial score (nSPS) is 16.5. The Hall–Kier alpha value is -2.38. The van der Waals surface area contributed by atoms with Gasteiger partial charge in [0.1, 0.15) is 5.75 Å². The lowest BCUT2D eigenvalue weighted by atomic mass is 10.1. The Morgan fingerprint density at radius 2 is 2.00 bits per heavy atom. The van der Waals surface area contributed by atoms with Crippen molar-refractivity contribution in [3.63, 3.8) is 0 Å². The molecule has 0 aliphatic carbocycles. The number of rotatable bonds is 3. The van der Waals surface area contributed by atoms with E-state index >= 15 is 0 Å². The summed E-state index contributed by atoms with van der Waals surface area (Å²) < 4.78 is 28.7. The van der Waals surface area contributed by atoms with Crippen LogP contribution in [0.4, 0.5) is 5.69 Å². The molecule has 1 aliphatic rings. The summed E-state index contributed by atoms with van der Waals surface area (Å²) >= 11 is 0. The molecule has 0 aromatic heterocycles. The molecule has 6 nitrogen and oxygen atoms in total. The highest BCUT2D eigenvalue weighted by Crippen LogP contribution is 2.29. The molecule has 0 unspecified atom stereocenters. The monoisotopic (exact) mass is 332 g/mol. The molecule has 1 aliphatic heterocycles. The molecular weight excluding hydrogens is 316 g/mol. The molecule has 1 heterocycles.